The third-order valence-electron chi connectivity index (χ3n) is 3.02. The molecule has 0 aliphatic carbocycles. The van der Waals surface area contributed by atoms with E-state index in [2.05, 4.69) is 52.4 Å². The second kappa shape index (κ2) is 21.3. The predicted molar refractivity (Wildman–Crippen MR) is 118 cm³/mol. The summed E-state index contributed by atoms with van der Waals surface area (Å²) in [6.45, 7) is 10.1. The van der Waals surface area contributed by atoms with Gasteiger partial charge in [0.05, 0.1) is 25.6 Å². The minimum Gasteiger partial charge on any atom is -0.464 e. The van der Waals surface area contributed by atoms with Crippen LogP contribution in [-0.4, -0.2) is 56.1 Å². The van der Waals surface area contributed by atoms with Gasteiger partial charge in [-0.15, -0.1) is 0 Å². The fraction of sp³-hybridized carbons (Fsp3) is 0.600. The van der Waals surface area contributed by atoms with Crippen LogP contribution in [0.25, 0.3) is 0 Å². The lowest BCUT2D eigenvalue weighted by Crippen LogP contribution is -2.79. The fourth-order valence-electron chi connectivity index (χ4n) is 1.79. The van der Waals surface area contributed by atoms with Crippen LogP contribution in [0.2, 0.25) is 0 Å². The van der Waals surface area contributed by atoms with Crippen molar-refractivity contribution in [2.45, 2.75) is 47.4 Å². The van der Waals surface area contributed by atoms with E-state index in [0.29, 0.717) is 11.2 Å². The minimum absolute atomic E-state index is 0.136. The summed E-state index contributed by atoms with van der Waals surface area (Å²) in [5.41, 5.74) is 0.901. The first-order valence-corrected chi connectivity index (χ1v) is 10.5. The standard InChI is InChI=1S/C15H22N4O7.C4H10.CH3ClO/c1-3-24-14(21)11(2)17-15(22)25-10-19-7-4-5-12(9-19)13(20)16-6-8-26-18-23;1-4(2)3;1-3-2/h4-5,7,9,11,23H,3,6,8,10,18H2,1-2H3;4H,1-3H3;1H3/p+2. The Morgan fingerprint density at radius 2 is 1.82 bits per heavy atom. The zero-order valence-electron chi connectivity index (χ0n) is 20.0. The zero-order valence-corrected chi connectivity index (χ0v) is 20.8. The third-order valence-corrected chi connectivity index (χ3v) is 3.02. The number of carbonyl (C=O) groups excluding carboxylic acids is 3. The molecule has 0 bridgehead atoms. The number of esters is 1. The van der Waals surface area contributed by atoms with Gasteiger partial charge in [0.25, 0.3) is 12.6 Å². The quantitative estimate of drug-likeness (QED) is 0.159. The lowest BCUT2D eigenvalue weighted by atomic mass is 10.2. The van der Waals surface area contributed by atoms with Crippen molar-refractivity contribution >= 4 is 29.8 Å². The van der Waals surface area contributed by atoms with Gasteiger partial charge >= 0.3 is 12.1 Å². The van der Waals surface area contributed by atoms with Crippen molar-refractivity contribution in [1.29, 1.82) is 0 Å². The summed E-state index contributed by atoms with van der Waals surface area (Å²) >= 11 is 4.50. The van der Waals surface area contributed by atoms with Gasteiger partial charge in [0.1, 0.15) is 18.2 Å². The number of nitrogens with zero attached hydrogens (tertiary/aromatic N) is 1. The number of ether oxygens (including phenoxy) is 2. The number of aromatic nitrogens is 1. The molecule has 0 spiro atoms. The Morgan fingerprint density at radius 1 is 1.21 bits per heavy atom. The number of carbonyl (C=O) groups is 3. The number of quaternary nitrogens is 1. The Balaban J connectivity index is 0. The first-order valence-electron chi connectivity index (χ1n) is 10.2. The summed E-state index contributed by atoms with van der Waals surface area (Å²) in [4.78, 5) is 39.7. The van der Waals surface area contributed by atoms with Crippen LogP contribution in [0, 0.1) is 5.92 Å². The minimum atomic E-state index is -0.831. The molecule has 1 aromatic heterocycles. The van der Waals surface area contributed by atoms with Crippen molar-refractivity contribution < 1.29 is 48.4 Å². The highest BCUT2D eigenvalue weighted by Gasteiger charge is 2.18. The van der Waals surface area contributed by atoms with E-state index in [1.54, 1.807) is 25.3 Å². The van der Waals surface area contributed by atoms with Gasteiger partial charge < -0.3 is 20.1 Å². The second-order valence-corrected chi connectivity index (χ2v) is 7.21. The molecule has 12 nitrogen and oxygen atoms in total. The van der Waals surface area contributed by atoms with Crippen LogP contribution in [0.3, 0.4) is 0 Å². The highest BCUT2D eigenvalue weighted by molar-refractivity contribution is 6.07. The van der Waals surface area contributed by atoms with Crippen molar-refractivity contribution in [3.63, 3.8) is 0 Å². The molecule has 1 unspecified atom stereocenters. The monoisotopic (exact) mass is 496 g/mol. The van der Waals surface area contributed by atoms with Gasteiger partial charge in [-0.05, 0) is 25.8 Å². The average molecular weight is 497 g/mol. The van der Waals surface area contributed by atoms with Crippen molar-refractivity contribution in [3.05, 3.63) is 30.1 Å². The number of halogens is 1. The Bertz CT molecular complexity index is 676. The van der Waals surface area contributed by atoms with E-state index in [4.69, 9.17) is 14.7 Å². The van der Waals surface area contributed by atoms with Crippen molar-refractivity contribution in [3.8, 4) is 0 Å². The summed E-state index contributed by atoms with van der Waals surface area (Å²) in [7, 11) is 1.39. The molecule has 1 rings (SSSR count). The van der Waals surface area contributed by atoms with E-state index in [0.717, 1.165) is 5.92 Å². The smallest absolute Gasteiger partial charge is 0.412 e. The van der Waals surface area contributed by atoms with E-state index < -0.39 is 18.1 Å². The van der Waals surface area contributed by atoms with Crippen LogP contribution in [-0.2, 0) is 30.1 Å². The molecule has 0 aliphatic heterocycles. The van der Waals surface area contributed by atoms with E-state index in [1.165, 1.54) is 24.8 Å². The van der Waals surface area contributed by atoms with Crippen LogP contribution in [0.5, 0.6) is 0 Å². The van der Waals surface area contributed by atoms with Gasteiger partial charge in [-0.3, -0.25) is 9.08 Å². The Morgan fingerprint density at radius 3 is 2.36 bits per heavy atom. The molecular weight excluding hydrogens is 460 g/mol. The van der Waals surface area contributed by atoms with Gasteiger partial charge in [0.15, 0.2) is 12.4 Å². The van der Waals surface area contributed by atoms with E-state index in [1.807, 2.05) is 0 Å². The summed E-state index contributed by atoms with van der Waals surface area (Å²) in [6, 6.07) is 2.38. The Kier molecular flexibility index (Phi) is 21.1. The highest BCUT2D eigenvalue weighted by Crippen LogP contribution is 1.95. The Hall–Kier alpha value is -2.51. The van der Waals surface area contributed by atoms with Crippen molar-refractivity contribution in [2.75, 3.05) is 26.9 Å². The molecule has 13 heteroatoms. The SMILES string of the molecule is CC(C)C.CCOC(=O)C(C)NC(=O)OC[n+]1cccc(C(=O)NCCO[NH2+]O)c1.COCl. The predicted octanol–water partition coefficient (Wildman–Crippen LogP) is 0.672. The average Bonchev–Trinajstić information content (AvgIpc) is 2.75. The number of hydrogen-bond donors (Lipinski definition) is 4. The molecule has 0 fully saturated rings. The Labute approximate surface area is 199 Å². The van der Waals surface area contributed by atoms with Gasteiger partial charge in [-0.2, -0.15) is 14.6 Å². The zero-order chi connectivity index (χ0) is 25.6. The van der Waals surface area contributed by atoms with E-state index >= 15 is 0 Å². The topological polar surface area (TPSA) is 153 Å². The first-order chi connectivity index (χ1) is 15.6. The van der Waals surface area contributed by atoms with Crippen LogP contribution in [0.15, 0.2) is 24.5 Å². The molecule has 5 N–H and O–H groups in total. The number of hydrogen-bond acceptors (Lipinski definition) is 8. The second-order valence-electron chi connectivity index (χ2n) is 6.90. The normalized spacial score (nSPS) is 10.6. The molecule has 1 aromatic rings. The highest BCUT2D eigenvalue weighted by atomic mass is 35.5. The molecule has 190 valence electrons. The lowest BCUT2D eigenvalue weighted by molar-refractivity contribution is -1.06. The van der Waals surface area contributed by atoms with Crippen molar-refractivity contribution in [1.82, 2.24) is 10.6 Å². The molecule has 33 heavy (non-hydrogen) atoms. The van der Waals surface area contributed by atoms with Gasteiger partial charge in [-0.25, -0.2) is 9.59 Å². The van der Waals surface area contributed by atoms with Gasteiger partial charge in [-0.1, -0.05) is 26.4 Å². The maximum absolute atomic E-state index is 12.0. The maximum atomic E-state index is 12.0. The van der Waals surface area contributed by atoms with Crippen molar-refractivity contribution in [2.24, 2.45) is 5.92 Å². The number of amides is 2. The lowest BCUT2D eigenvalue weighted by Gasteiger charge is -2.11. The molecule has 0 saturated heterocycles. The molecule has 0 saturated carbocycles. The summed E-state index contributed by atoms with van der Waals surface area (Å²) in [5, 5.41) is 13.3. The number of nitrogens with two attached hydrogens (primary N) is 1. The number of nitrogens with one attached hydrogen (secondary N) is 2. The summed E-state index contributed by atoms with van der Waals surface area (Å²) in [5.74, 6) is -0.0696. The maximum Gasteiger partial charge on any atom is 0.412 e. The number of rotatable bonds is 10. The molecule has 1 atom stereocenters. The molecule has 0 aromatic carbocycles. The number of pyridine rings is 1. The molecule has 0 aliphatic rings. The molecule has 0 radical (unpaired) electrons. The summed E-state index contributed by atoms with van der Waals surface area (Å²) in [6.07, 6.45) is 2.32. The van der Waals surface area contributed by atoms with E-state index in [9.17, 15) is 14.4 Å². The van der Waals surface area contributed by atoms with Crippen LogP contribution in [0.4, 0.5) is 4.79 Å². The summed E-state index contributed by atoms with van der Waals surface area (Å²) < 4.78 is 15.0. The third kappa shape index (κ3) is 19.9. The fourth-order valence-corrected chi connectivity index (χ4v) is 1.79. The first kappa shape index (κ1) is 32.7. The van der Waals surface area contributed by atoms with Crippen LogP contribution in [0.1, 0.15) is 45.0 Å². The van der Waals surface area contributed by atoms with Gasteiger partial charge in [0.2, 0.25) is 0 Å². The number of alkyl carbamates (subject to hydrolysis) is 1. The van der Waals surface area contributed by atoms with Crippen LogP contribution >= 0.6 is 11.9 Å². The van der Waals surface area contributed by atoms with Gasteiger partial charge in [0, 0.05) is 12.6 Å². The molecular formula is C20H37ClN4O8+2. The van der Waals surface area contributed by atoms with E-state index in [-0.39, 0.29) is 32.4 Å². The van der Waals surface area contributed by atoms with Crippen LogP contribution < -0.4 is 20.8 Å². The molecule has 1 heterocycles. The largest absolute Gasteiger partial charge is 0.464 e. The molecule has 2 amide bonds.